The minimum atomic E-state index is 0.303. The fourth-order valence-electron chi connectivity index (χ4n) is 1.86. The van der Waals surface area contributed by atoms with E-state index in [1.54, 1.807) is 0 Å². The van der Waals surface area contributed by atoms with E-state index >= 15 is 0 Å². The van der Waals surface area contributed by atoms with Crippen LogP contribution in [0.5, 0.6) is 0 Å². The Kier molecular flexibility index (Phi) is 3.34. The van der Waals surface area contributed by atoms with Crippen LogP contribution in [-0.4, -0.2) is 35.7 Å². The molecule has 0 spiro atoms. The Morgan fingerprint density at radius 2 is 2.18 bits per heavy atom. The Bertz CT molecular complexity index is 114. The predicted molar refractivity (Wildman–Crippen MR) is 46.5 cm³/mol. The number of likely N-dealkylation sites (tertiary alicyclic amines) is 1. The molecular formula is C9H19NO. The Labute approximate surface area is 69.2 Å². The summed E-state index contributed by atoms with van der Waals surface area (Å²) in [7, 11) is 0. The van der Waals surface area contributed by atoms with Crippen molar-refractivity contribution in [2.45, 2.75) is 32.7 Å². The van der Waals surface area contributed by atoms with Crippen molar-refractivity contribution in [1.29, 1.82) is 0 Å². The third kappa shape index (κ3) is 2.17. The summed E-state index contributed by atoms with van der Waals surface area (Å²) in [4.78, 5) is 2.38. The van der Waals surface area contributed by atoms with E-state index in [9.17, 15) is 0 Å². The van der Waals surface area contributed by atoms with Crippen molar-refractivity contribution in [2.24, 2.45) is 5.92 Å². The molecule has 2 heteroatoms. The molecular weight excluding hydrogens is 138 g/mol. The van der Waals surface area contributed by atoms with Gasteiger partial charge in [0.05, 0.1) is 6.61 Å². The highest BCUT2D eigenvalue weighted by Gasteiger charge is 2.23. The minimum Gasteiger partial charge on any atom is -0.395 e. The lowest BCUT2D eigenvalue weighted by molar-refractivity contribution is 0.0911. The molecule has 11 heavy (non-hydrogen) atoms. The van der Waals surface area contributed by atoms with Gasteiger partial charge in [-0.25, -0.2) is 0 Å². The monoisotopic (exact) mass is 157 g/mol. The summed E-state index contributed by atoms with van der Waals surface area (Å²) in [6.45, 7) is 6.89. The van der Waals surface area contributed by atoms with E-state index in [0.717, 1.165) is 12.5 Å². The molecule has 66 valence electrons. The van der Waals surface area contributed by atoms with Crippen molar-refractivity contribution >= 4 is 0 Å². The molecule has 2 atom stereocenters. The summed E-state index contributed by atoms with van der Waals surface area (Å²) in [5, 5.41) is 8.78. The first kappa shape index (κ1) is 9.01. The zero-order valence-corrected chi connectivity index (χ0v) is 7.58. The van der Waals surface area contributed by atoms with E-state index in [1.807, 2.05) is 0 Å². The average molecular weight is 157 g/mol. The van der Waals surface area contributed by atoms with Gasteiger partial charge in [-0.3, -0.25) is 4.90 Å². The highest BCUT2D eigenvalue weighted by atomic mass is 16.3. The van der Waals surface area contributed by atoms with Gasteiger partial charge in [-0.2, -0.15) is 0 Å². The zero-order valence-electron chi connectivity index (χ0n) is 7.58. The molecule has 1 aliphatic heterocycles. The molecule has 1 saturated heterocycles. The van der Waals surface area contributed by atoms with Crippen molar-refractivity contribution in [3.8, 4) is 0 Å². The van der Waals surface area contributed by atoms with Gasteiger partial charge in [-0.1, -0.05) is 6.92 Å². The second-order valence-corrected chi connectivity index (χ2v) is 3.62. The van der Waals surface area contributed by atoms with Crippen LogP contribution in [0.25, 0.3) is 0 Å². The highest BCUT2D eigenvalue weighted by molar-refractivity contribution is 4.77. The van der Waals surface area contributed by atoms with E-state index in [4.69, 9.17) is 5.11 Å². The summed E-state index contributed by atoms with van der Waals surface area (Å²) >= 11 is 0. The maximum Gasteiger partial charge on any atom is 0.0558 e. The summed E-state index contributed by atoms with van der Waals surface area (Å²) < 4.78 is 0. The van der Waals surface area contributed by atoms with Gasteiger partial charge in [0, 0.05) is 12.6 Å². The first-order valence-corrected chi connectivity index (χ1v) is 4.60. The van der Waals surface area contributed by atoms with Gasteiger partial charge in [0.2, 0.25) is 0 Å². The van der Waals surface area contributed by atoms with Crippen LogP contribution in [0.1, 0.15) is 26.7 Å². The molecule has 0 aromatic heterocycles. The van der Waals surface area contributed by atoms with Crippen molar-refractivity contribution in [2.75, 3.05) is 19.7 Å². The van der Waals surface area contributed by atoms with Gasteiger partial charge in [0.1, 0.15) is 0 Å². The standard InChI is InChI=1S/C9H19NO/c1-8-4-3-5-10(6-7-11)9(8)2/h8-9,11H,3-7H2,1-2H3. The minimum absolute atomic E-state index is 0.303. The van der Waals surface area contributed by atoms with Crippen LogP contribution < -0.4 is 0 Å². The van der Waals surface area contributed by atoms with E-state index in [1.165, 1.54) is 19.4 Å². The largest absolute Gasteiger partial charge is 0.395 e. The molecule has 0 aromatic rings. The Hall–Kier alpha value is -0.0800. The number of aliphatic hydroxyl groups excluding tert-OH is 1. The molecule has 1 aliphatic rings. The van der Waals surface area contributed by atoms with Gasteiger partial charge in [0.15, 0.2) is 0 Å². The number of rotatable bonds is 2. The molecule has 0 saturated carbocycles. The molecule has 0 aromatic carbocycles. The third-order valence-corrected chi connectivity index (χ3v) is 2.89. The van der Waals surface area contributed by atoms with E-state index in [0.29, 0.717) is 12.6 Å². The summed E-state index contributed by atoms with van der Waals surface area (Å²) in [6.07, 6.45) is 2.65. The van der Waals surface area contributed by atoms with Crippen molar-refractivity contribution in [1.82, 2.24) is 4.90 Å². The average Bonchev–Trinajstić information content (AvgIpc) is 1.99. The van der Waals surface area contributed by atoms with Crippen molar-refractivity contribution < 1.29 is 5.11 Å². The smallest absolute Gasteiger partial charge is 0.0558 e. The molecule has 1 heterocycles. The van der Waals surface area contributed by atoms with Crippen molar-refractivity contribution in [3.05, 3.63) is 0 Å². The van der Waals surface area contributed by atoms with Gasteiger partial charge >= 0.3 is 0 Å². The number of nitrogens with zero attached hydrogens (tertiary/aromatic N) is 1. The second kappa shape index (κ2) is 4.07. The molecule has 1 fully saturated rings. The van der Waals surface area contributed by atoms with Gasteiger partial charge in [-0.15, -0.1) is 0 Å². The normalized spacial score (nSPS) is 34.1. The van der Waals surface area contributed by atoms with Crippen LogP contribution >= 0.6 is 0 Å². The molecule has 1 rings (SSSR count). The molecule has 0 bridgehead atoms. The number of piperidine rings is 1. The maximum absolute atomic E-state index is 8.78. The van der Waals surface area contributed by atoms with E-state index < -0.39 is 0 Å². The van der Waals surface area contributed by atoms with Crippen molar-refractivity contribution in [3.63, 3.8) is 0 Å². The Morgan fingerprint density at radius 1 is 1.45 bits per heavy atom. The summed E-state index contributed by atoms with van der Waals surface area (Å²) in [6, 6.07) is 0.663. The fourth-order valence-corrected chi connectivity index (χ4v) is 1.86. The lowest BCUT2D eigenvalue weighted by atomic mass is 9.92. The number of hydrogen-bond donors (Lipinski definition) is 1. The third-order valence-electron chi connectivity index (χ3n) is 2.89. The highest BCUT2D eigenvalue weighted by Crippen LogP contribution is 2.21. The van der Waals surface area contributed by atoms with Crippen LogP contribution in [0.2, 0.25) is 0 Å². The van der Waals surface area contributed by atoms with E-state index in [2.05, 4.69) is 18.7 Å². The zero-order chi connectivity index (χ0) is 8.27. The lowest BCUT2D eigenvalue weighted by Crippen LogP contribution is -2.43. The maximum atomic E-state index is 8.78. The molecule has 2 nitrogen and oxygen atoms in total. The first-order valence-electron chi connectivity index (χ1n) is 4.60. The molecule has 2 unspecified atom stereocenters. The predicted octanol–water partition coefficient (Wildman–Crippen LogP) is 1.10. The second-order valence-electron chi connectivity index (χ2n) is 3.62. The van der Waals surface area contributed by atoms with Gasteiger partial charge in [-0.05, 0) is 32.2 Å². The van der Waals surface area contributed by atoms with Crippen LogP contribution in [0.4, 0.5) is 0 Å². The lowest BCUT2D eigenvalue weighted by Gasteiger charge is -2.37. The summed E-state index contributed by atoms with van der Waals surface area (Å²) in [5.74, 6) is 0.801. The SMILES string of the molecule is CC1CCCN(CCO)C1C. The molecule has 1 N–H and O–H groups in total. The number of hydrogen-bond acceptors (Lipinski definition) is 2. The van der Waals surface area contributed by atoms with Crippen LogP contribution in [0.3, 0.4) is 0 Å². The van der Waals surface area contributed by atoms with Crippen LogP contribution in [-0.2, 0) is 0 Å². The molecule has 0 radical (unpaired) electrons. The Balaban J connectivity index is 2.38. The topological polar surface area (TPSA) is 23.5 Å². The molecule has 0 amide bonds. The quantitative estimate of drug-likeness (QED) is 0.649. The summed E-state index contributed by atoms with van der Waals surface area (Å²) in [5.41, 5.74) is 0. The van der Waals surface area contributed by atoms with Crippen LogP contribution in [0.15, 0.2) is 0 Å². The first-order chi connectivity index (χ1) is 5.25. The van der Waals surface area contributed by atoms with Crippen LogP contribution in [0, 0.1) is 5.92 Å². The number of aliphatic hydroxyl groups is 1. The Morgan fingerprint density at radius 3 is 2.82 bits per heavy atom. The molecule has 0 aliphatic carbocycles. The van der Waals surface area contributed by atoms with Gasteiger partial charge < -0.3 is 5.11 Å². The van der Waals surface area contributed by atoms with E-state index in [-0.39, 0.29) is 0 Å². The number of β-amino-alcohol motifs (C(OH)–C–C–N with tert-alkyl or cyclic N) is 1. The fraction of sp³-hybridized carbons (Fsp3) is 1.00. The van der Waals surface area contributed by atoms with Gasteiger partial charge in [0.25, 0.3) is 0 Å².